The standard InChI is InChI=1S/C10H14INO2S/c1-7(13)3-4-12(2)10(14)8-5-9(11)15-6-8/h5-7,13H,3-4H2,1-2H3. The fourth-order valence-electron chi connectivity index (χ4n) is 1.12. The van der Waals surface area contributed by atoms with Crippen molar-refractivity contribution in [3.63, 3.8) is 0 Å². The lowest BCUT2D eigenvalue weighted by Crippen LogP contribution is -2.29. The number of carbonyl (C=O) groups is 1. The number of hydrogen-bond acceptors (Lipinski definition) is 3. The quantitative estimate of drug-likeness (QED) is 0.855. The highest BCUT2D eigenvalue weighted by Crippen LogP contribution is 2.17. The zero-order chi connectivity index (χ0) is 11.4. The van der Waals surface area contributed by atoms with E-state index in [2.05, 4.69) is 22.6 Å². The van der Waals surface area contributed by atoms with Gasteiger partial charge in [0.1, 0.15) is 0 Å². The molecule has 15 heavy (non-hydrogen) atoms. The van der Waals surface area contributed by atoms with E-state index in [0.29, 0.717) is 13.0 Å². The van der Waals surface area contributed by atoms with Crippen molar-refractivity contribution < 1.29 is 9.90 Å². The summed E-state index contributed by atoms with van der Waals surface area (Å²) in [5.74, 6) is 0.0230. The molecule has 0 saturated carbocycles. The molecule has 1 amide bonds. The van der Waals surface area contributed by atoms with Crippen LogP contribution in [0.5, 0.6) is 0 Å². The minimum atomic E-state index is -0.358. The van der Waals surface area contributed by atoms with Crippen LogP contribution in [0, 0.1) is 2.88 Å². The molecular formula is C10H14INO2S. The fourth-order valence-corrected chi connectivity index (χ4v) is 2.44. The van der Waals surface area contributed by atoms with E-state index in [1.807, 2.05) is 11.4 Å². The first kappa shape index (κ1) is 12.9. The number of carbonyl (C=O) groups excluding carboxylic acids is 1. The Morgan fingerprint density at radius 1 is 1.73 bits per heavy atom. The molecule has 1 N–H and O–H groups in total. The van der Waals surface area contributed by atoms with Gasteiger partial charge in [-0.15, -0.1) is 11.3 Å². The maximum Gasteiger partial charge on any atom is 0.254 e. The van der Waals surface area contributed by atoms with Crippen molar-refractivity contribution in [3.8, 4) is 0 Å². The summed E-state index contributed by atoms with van der Waals surface area (Å²) < 4.78 is 1.11. The summed E-state index contributed by atoms with van der Waals surface area (Å²) in [5.41, 5.74) is 0.734. The minimum absolute atomic E-state index is 0.0230. The Hall–Kier alpha value is -0.140. The van der Waals surface area contributed by atoms with Gasteiger partial charge in [-0.2, -0.15) is 0 Å². The van der Waals surface area contributed by atoms with Crippen molar-refractivity contribution in [2.24, 2.45) is 0 Å². The summed E-state index contributed by atoms with van der Waals surface area (Å²) in [6.07, 6.45) is 0.256. The topological polar surface area (TPSA) is 40.5 Å². The third-order valence-electron chi connectivity index (χ3n) is 2.04. The van der Waals surface area contributed by atoms with Crippen LogP contribution in [-0.2, 0) is 0 Å². The molecular weight excluding hydrogens is 325 g/mol. The van der Waals surface area contributed by atoms with E-state index in [4.69, 9.17) is 5.11 Å². The zero-order valence-corrected chi connectivity index (χ0v) is 11.7. The number of nitrogens with zero attached hydrogens (tertiary/aromatic N) is 1. The number of hydrogen-bond donors (Lipinski definition) is 1. The second-order valence-electron chi connectivity index (χ2n) is 3.50. The third-order valence-corrected chi connectivity index (χ3v) is 3.83. The monoisotopic (exact) mass is 339 g/mol. The molecule has 1 aromatic heterocycles. The highest BCUT2D eigenvalue weighted by molar-refractivity contribution is 14.1. The average Bonchev–Trinajstić information content (AvgIpc) is 2.60. The number of halogens is 1. The average molecular weight is 339 g/mol. The van der Waals surface area contributed by atoms with Crippen molar-refractivity contribution in [1.82, 2.24) is 4.90 Å². The van der Waals surface area contributed by atoms with Crippen LogP contribution in [0.2, 0.25) is 0 Å². The number of rotatable bonds is 4. The molecule has 0 bridgehead atoms. The first-order valence-electron chi connectivity index (χ1n) is 4.68. The molecule has 0 aliphatic heterocycles. The van der Waals surface area contributed by atoms with Crippen LogP contribution >= 0.6 is 33.9 Å². The fraction of sp³-hybridized carbons (Fsp3) is 0.500. The molecule has 0 fully saturated rings. The Bertz CT molecular complexity index is 338. The van der Waals surface area contributed by atoms with Crippen molar-refractivity contribution in [2.45, 2.75) is 19.4 Å². The molecule has 1 atom stereocenters. The molecule has 1 heterocycles. The molecule has 0 saturated heterocycles. The minimum Gasteiger partial charge on any atom is -0.393 e. The van der Waals surface area contributed by atoms with Gasteiger partial charge in [-0.25, -0.2) is 0 Å². The van der Waals surface area contributed by atoms with Gasteiger partial charge < -0.3 is 10.0 Å². The Morgan fingerprint density at radius 2 is 2.40 bits per heavy atom. The van der Waals surface area contributed by atoms with E-state index >= 15 is 0 Å². The van der Waals surface area contributed by atoms with Crippen LogP contribution in [0.3, 0.4) is 0 Å². The molecule has 5 heteroatoms. The molecule has 1 aromatic rings. The van der Waals surface area contributed by atoms with Gasteiger partial charge in [0.2, 0.25) is 0 Å². The van der Waals surface area contributed by atoms with Gasteiger partial charge in [-0.1, -0.05) is 0 Å². The number of aliphatic hydroxyl groups excluding tert-OH is 1. The summed E-state index contributed by atoms with van der Waals surface area (Å²) in [4.78, 5) is 13.5. The molecule has 3 nitrogen and oxygen atoms in total. The normalized spacial score (nSPS) is 12.5. The van der Waals surface area contributed by atoms with Crippen LogP contribution in [0.15, 0.2) is 11.4 Å². The molecule has 1 unspecified atom stereocenters. The van der Waals surface area contributed by atoms with Crippen molar-refractivity contribution >= 4 is 39.8 Å². The number of thiophene rings is 1. The molecule has 84 valence electrons. The molecule has 0 spiro atoms. The maximum absolute atomic E-state index is 11.8. The Labute approximate surface area is 107 Å². The predicted molar refractivity (Wildman–Crippen MR) is 70.3 cm³/mol. The number of amides is 1. The highest BCUT2D eigenvalue weighted by Gasteiger charge is 2.13. The van der Waals surface area contributed by atoms with E-state index in [1.54, 1.807) is 30.2 Å². The van der Waals surface area contributed by atoms with Crippen molar-refractivity contribution in [1.29, 1.82) is 0 Å². The van der Waals surface area contributed by atoms with Gasteiger partial charge in [0, 0.05) is 19.0 Å². The van der Waals surface area contributed by atoms with Crippen LogP contribution < -0.4 is 0 Å². The predicted octanol–water partition coefficient (Wildman–Crippen LogP) is 2.20. The third kappa shape index (κ3) is 4.08. The van der Waals surface area contributed by atoms with Crippen LogP contribution in [0.1, 0.15) is 23.7 Å². The highest BCUT2D eigenvalue weighted by atomic mass is 127. The van der Waals surface area contributed by atoms with Crippen LogP contribution in [-0.4, -0.2) is 35.6 Å². The van der Waals surface area contributed by atoms with Crippen molar-refractivity contribution in [2.75, 3.05) is 13.6 Å². The molecule has 0 aliphatic carbocycles. The second-order valence-corrected chi connectivity index (χ2v) is 6.31. The smallest absolute Gasteiger partial charge is 0.254 e. The van der Waals surface area contributed by atoms with Crippen LogP contribution in [0.4, 0.5) is 0 Å². The zero-order valence-electron chi connectivity index (χ0n) is 8.74. The Balaban J connectivity index is 2.53. The largest absolute Gasteiger partial charge is 0.393 e. The summed E-state index contributed by atoms with van der Waals surface area (Å²) in [7, 11) is 1.76. The second kappa shape index (κ2) is 5.81. The molecule has 1 rings (SSSR count). The molecule has 0 aliphatic rings. The lowest BCUT2D eigenvalue weighted by atomic mass is 10.2. The van der Waals surface area contributed by atoms with Gasteiger partial charge in [-0.3, -0.25) is 4.79 Å². The van der Waals surface area contributed by atoms with Gasteiger partial charge in [0.15, 0.2) is 0 Å². The summed E-state index contributed by atoms with van der Waals surface area (Å²) in [6, 6.07) is 1.88. The summed E-state index contributed by atoms with van der Waals surface area (Å²) >= 11 is 3.76. The summed E-state index contributed by atoms with van der Waals surface area (Å²) in [5, 5.41) is 11.0. The van der Waals surface area contributed by atoms with Gasteiger partial charge in [0.25, 0.3) is 5.91 Å². The number of aliphatic hydroxyl groups is 1. The molecule has 0 aromatic carbocycles. The van der Waals surface area contributed by atoms with E-state index in [0.717, 1.165) is 8.45 Å². The van der Waals surface area contributed by atoms with E-state index in [1.165, 1.54) is 0 Å². The van der Waals surface area contributed by atoms with Crippen LogP contribution in [0.25, 0.3) is 0 Å². The first-order chi connectivity index (χ1) is 7.00. The summed E-state index contributed by atoms with van der Waals surface area (Å²) in [6.45, 7) is 2.31. The molecule has 0 radical (unpaired) electrons. The van der Waals surface area contributed by atoms with Gasteiger partial charge >= 0.3 is 0 Å². The lowest BCUT2D eigenvalue weighted by Gasteiger charge is -2.17. The van der Waals surface area contributed by atoms with E-state index in [-0.39, 0.29) is 12.0 Å². The SMILES string of the molecule is CC(O)CCN(C)C(=O)c1csc(I)c1. The maximum atomic E-state index is 11.8. The van der Waals surface area contributed by atoms with Gasteiger partial charge in [0.05, 0.1) is 14.6 Å². The van der Waals surface area contributed by atoms with Gasteiger partial charge in [-0.05, 0) is 42.0 Å². The first-order valence-corrected chi connectivity index (χ1v) is 6.64. The Morgan fingerprint density at radius 3 is 2.87 bits per heavy atom. The van der Waals surface area contributed by atoms with E-state index in [9.17, 15) is 4.79 Å². The lowest BCUT2D eigenvalue weighted by molar-refractivity contribution is 0.0769. The van der Waals surface area contributed by atoms with E-state index < -0.39 is 0 Å². The Kier molecular flexibility index (Phi) is 5.01. The van der Waals surface area contributed by atoms with Crippen molar-refractivity contribution in [3.05, 3.63) is 19.9 Å².